The second-order valence-corrected chi connectivity index (χ2v) is 5.81. The van der Waals surface area contributed by atoms with Crippen LogP contribution in [0.5, 0.6) is 0 Å². The number of rotatable bonds is 3. The van der Waals surface area contributed by atoms with Gasteiger partial charge in [-0.25, -0.2) is 4.79 Å². The number of benzene rings is 1. The summed E-state index contributed by atoms with van der Waals surface area (Å²) in [5.41, 5.74) is 1.23. The summed E-state index contributed by atoms with van der Waals surface area (Å²) in [6.45, 7) is 5.60. The van der Waals surface area contributed by atoms with Gasteiger partial charge < -0.3 is 5.11 Å². The van der Waals surface area contributed by atoms with E-state index < -0.39 is 17.4 Å². The molecule has 1 N–H and O–H groups in total. The number of carboxylic acid groups (broad SMARTS) is 1. The summed E-state index contributed by atoms with van der Waals surface area (Å²) in [5, 5.41) is 10.3. The molecule has 0 unspecified atom stereocenters. The maximum atomic E-state index is 11.3. The monoisotopic (exact) mass is 270 g/mol. The van der Waals surface area contributed by atoms with Crippen molar-refractivity contribution in [1.82, 2.24) is 4.98 Å². The van der Waals surface area contributed by atoms with E-state index in [1.165, 1.54) is 0 Å². The predicted molar refractivity (Wildman–Crippen MR) is 80.2 cm³/mol. The van der Waals surface area contributed by atoms with E-state index in [1.807, 2.05) is 51.1 Å². The highest BCUT2D eigenvalue weighted by molar-refractivity contribution is 5.98. The Labute approximate surface area is 118 Å². The summed E-state index contributed by atoms with van der Waals surface area (Å²) in [6, 6.07) is 8.84. The summed E-state index contributed by atoms with van der Waals surface area (Å²) in [5.74, 6) is -0.915. The lowest BCUT2D eigenvalue weighted by molar-refractivity contribution is -0.140. The number of para-hydroxylation sites is 1. The van der Waals surface area contributed by atoms with Crippen molar-refractivity contribution in [2.75, 3.05) is 0 Å². The van der Waals surface area contributed by atoms with Crippen molar-refractivity contribution in [3.05, 3.63) is 42.1 Å². The van der Waals surface area contributed by atoms with Crippen LogP contribution in [0.3, 0.4) is 0 Å². The van der Waals surface area contributed by atoms with Crippen molar-refractivity contribution in [3.8, 4) is 0 Å². The number of aliphatic carboxylic acids is 1. The number of aliphatic imine (C=N–C) groups is 1. The Morgan fingerprint density at radius 3 is 2.65 bits per heavy atom. The van der Waals surface area contributed by atoms with Crippen LogP contribution >= 0.6 is 0 Å². The van der Waals surface area contributed by atoms with Crippen LogP contribution in [0.2, 0.25) is 0 Å². The van der Waals surface area contributed by atoms with E-state index in [1.54, 1.807) is 12.4 Å². The summed E-state index contributed by atoms with van der Waals surface area (Å²) >= 11 is 0. The normalized spacial score (nSPS) is 13.8. The standard InChI is InChI=1S/C16H18N2O2/c1-16(2,3)14(15(19)20)18-10-12-7-4-6-11-8-5-9-17-13(11)12/h4-10,14H,1-3H3,(H,19,20)/t14-/m1/s1. The van der Waals surface area contributed by atoms with Gasteiger partial charge in [0.1, 0.15) is 0 Å². The van der Waals surface area contributed by atoms with E-state index in [2.05, 4.69) is 9.98 Å². The molecule has 0 bridgehead atoms. The Morgan fingerprint density at radius 2 is 2.00 bits per heavy atom. The third kappa shape index (κ3) is 3.02. The molecule has 2 aromatic rings. The fourth-order valence-electron chi connectivity index (χ4n) is 2.04. The number of fused-ring (bicyclic) bond motifs is 1. The third-order valence-corrected chi connectivity index (χ3v) is 3.08. The number of hydrogen-bond donors (Lipinski definition) is 1. The van der Waals surface area contributed by atoms with E-state index in [4.69, 9.17) is 0 Å². The average Bonchev–Trinajstić information content (AvgIpc) is 2.37. The minimum Gasteiger partial charge on any atom is -0.480 e. The van der Waals surface area contributed by atoms with Gasteiger partial charge in [0.2, 0.25) is 0 Å². The number of nitrogens with zero attached hydrogens (tertiary/aromatic N) is 2. The summed E-state index contributed by atoms with van der Waals surface area (Å²) in [4.78, 5) is 19.9. The first kappa shape index (κ1) is 14.2. The second kappa shape index (κ2) is 5.41. The molecule has 0 aliphatic heterocycles. The lowest BCUT2D eigenvalue weighted by atomic mass is 9.87. The summed E-state index contributed by atoms with van der Waals surface area (Å²) in [6.07, 6.45) is 3.33. The maximum Gasteiger partial charge on any atom is 0.328 e. The number of carbonyl (C=O) groups is 1. The Bertz CT molecular complexity index is 652. The van der Waals surface area contributed by atoms with Crippen LogP contribution in [0.4, 0.5) is 0 Å². The third-order valence-electron chi connectivity index (χ3n) is 3.08. The van der Waals surface area contributed by atoms with Gasteiger partial charge >= 0.3 is 5.97 Å². The van der Waals surface area contributed by atoms with E-state index >= 15 is 0 Å². The van der Waals surface area contributed by atoms with Crippen molar-refractivity contribution < 1.29 is 9.90 Å². The molecule has 0 aliphatic rings. The van der Waals surface area contributed by atoms with Crippen molar-refractivity contribution in [1.29, 1.82) is 0 Å². The highest BCUT2D eigenvalue weighted by atomic mass is 16.4. The molecule has 0 spiro atoms. The number of hydrogen-bond acceptors (Lipinski definition) is 3. The molecule has 20 heavy (non-hydrogen) atoms. The first-order valence-corrected chi connectivity index (χ1v) is 6.49. The minimum atomic E-state index is -0.915. The molecule has 4 heteroatoms. The SMILES string of the molecule is CC(C)(C)[C@H](N=Cc1cccc2cccnc12)C(=O)O. The quantitative estimate of drug-likeness (QED) is 0.871. The van der Waals surface area contributed by atoms with Gasteiger partial charge in [-0.05, 0) is 11.5 Å². The molecular weight excluding hydrogens is 252 g/mol. The number of carboxylic acids is 1. The summed E-state index contributed by atoms with van der Waals surface area (Å²) < 4.78 is 0. The van der Waals surface area contributed by atoms with Gasteiger partial charge in [-0.2, -0.15) is 0 Å². The largest absolute Gasteiger partial charge is 0.480 e. The van der Waals surface area contributed by atoms with Crippen molar-refractivity contribution >= 4 is 23.1 Å². The molecule has 1 aromatic heterocycles. The lowest BCUT2D eigenvalue weighted by Crippen LogP contribution is -2.32. The number of aromatic nitrogens is 1. The van der Waals surface area contributed by atoms with Crippen molar-refractivity contribution in [2.45, 2.75) is 26.8 Å². The fourth-order valence-corrected chi connectivity index (χ4v) is 2.04. The molecule has 1 atom stereocenters. The average molecular weight is 270 g/mol. The highest BCUT2D eigenvalue weighted by Gasteiger charge is 2.30. The molecule has 0 aliphatic carbocycles. The Kier molecular flexibility index (Phi) is 3.84. The van der Waals surface area contributed by atoms with E-state index in [0.717, 1.165) is 16.5 Å². The van der Waals surface area contributed by atoms with Crippen LogP contribution in [0.1, 0.15) is 26.3 Å². The molecule has 0 saturated heterocycles. The molecule has 0 saturated carbocycles. The van der Waals surface area contributed by atoms with Crippen LogP contribution in [-0.2, 0) is 4.79 Å². The van der Waals surface area contributed by atoms with E-state index in [9.17, 15) is 9.90 Å². The molecule has 1 aromatic carbocycles. The lowest BCUT2D eigenvalue weighted by Gasteiger charge is -2.23. The molecule has 0 radical (unpaired) electrons. The second-order valence-electron chi connectivity index (χ2n) is 5.81. The molecule has 104 valence electrons. The van der Waals surface area contributed by atoms with Gasteiger partial charge in [-0.15, -0.1) is 0 Å². The Balaban J connectivity index is 2.41. The molecule has 0 amide bonds. The minimum absolute atomic E-state index is 0.430. The molecule has 0 fully saturated rings. The maximum absolute atomic E-state index is 11.3. The van der Waals surface area contributed by atoms with Gasteiger partial charge in [-0.1, -0.05) is 45.0 Å². The zero-order chi connectivity index (χ0) is 14.8. The van der Waals surface area contributed by atoms with Crippen LogP contribution in [0.25, 0.3) is 10.9 Å². The van der Waals surface area contributed by atoms with Gasteiger partial charge in [0, 0.05) is 23.4 Å². The first-order valence-electron chi connectivity index (χ1n) is 6.49. The van der Waals surface area contributed by atoms with Crippen LogP contribution in [0, 0.1) is 5.41 Å². The fraction of sp³-hybridized carbons (Fsp3) is 0.312. The Morgan fingerprint density at radius 1 is 1.30 bits per heavy atom. The van der Waals surface area contributed by atoms with Gasteiger partial charge in [0.25, 0.3) is 0 Å². The van der Waals surface area contributed by atoms with Crippen molar-refractivity contribution in [3.63, 3.8) is 0 Å². The highest BCUT2D eigenvalue weighted by Crippen LogP contribution is 2.23. The van der Waals surface area contributed by atoms with Crippen molar-refractivity contribution in [2.24, 2.45) is 10.4 Å². The van der Waals surface area contributed by atoms with Gasteiger partial charge in [0.05, 0.1) is 5.52 Å². The number of pyridine rings is 1. The molecular formula is C16H18N2O2. The van der Waals surface area contributed by atoms with E-state index in [0.29, 0.717) is 0 Å². The van der Waals surface area contributed by atoms with Crippen LogP contribution in [-0.4, -0.2) is 28.3 Å². The molecule has 4 nitrogen and oxygen atoms in total. The smallest absolute Gasteiger partial charge is 0.328 e. The zero-order valence-electron chi connectivity index (χ0n) is 11.9. The Hall–Kier alpha value is -2.23. The van der Waals surface area contributed by atoms with Gasteiger partial charge in [-0.3, -0.25) is 9.98 Å². The van der Waals surface area contributed by atoms with Crippen LogP contribution in [0.15, 0.2) is 41.5 Å². The predicted octanol–water partition coefficient (Wildman–Crippen LogP) is 3.15. The first-order chi connectivity index (χ1) is 9.39. The summed E-state index contributed by atoms with van der Waals surface area (Å²) in [7, 11) is 0. The molecule has 1 heterocycles. The topological polar surface area (TPSA) is 62.5 Å². The van der Waals surface area contributed by atoms with Crippen LogP contribution < -0.4 is 0 Å². The zero-order valence-corrected chi connectivity index (χ0v) is 11.9. The molecule has 2 rings (SSSR count). The van der Waals surface area contributed by atoms with E-state index in [-0.39, 0.29) is 0 Å². The van der Waals surface area contributed by atoms with Gasteiger partial charge in [0.15, 0.2) is 6.04 Å².